The van der Waals surface area contributed by atoms with E-state index in [1.807, 2.05) is 26.2 Å². The zero-order chi connectivity index (χ0) is 16.8. The van der Waals surface area contributed by atoms with Crippen LogP contribution < -0.4 is 10.1 Å². The third-order valence-electron chi connectivity index (χ3n) is 3.87. The van der Waals surface area contributed by atoms with Crippen LogP contribution in [-0.4, -0.2) is 38.6 Å². The number of carbonyl (C=O) groups excluding carboxylic acids is 1. The van der Waals surface area contributed by atoms with Crippen LogP contribution in [0, 0.1) is 6.92 Å². The minimum absolute atomic E-state index is 0.0946. The van der Waals surface area contributed by atoms with Gasteiger partial charge in [-0.05, 0) is 44.8 Å². The Morgan fingerprint density at radius 2 is 1.87 bits per heavy atom. The second-order valence-corrected chi connectivity index (χ2v) is 5.83. The van der Waals surface area contributed by atoms with Crippen molar-refractivity contribution in [1.82, 2.24) is 10.2 Å². The normalized spacial score (nSPS) is 12.0. The number of benzene rings is 2. The number of hydrogen-bond donors (Lipinski definition) is 1. The van der Waals surface area contributed by atoms with Gasteiger partial charge in [-0.3, -0.25) is 4.79 Å². The van der Waals surface area contributed by atoms with Gasteiger partial charge in [0.25, 0.3) is 5.91 Å². The smallest absolute Gasteiger partial charge is 0.251 e. The predicted octanol–water partition coefficient (Wildman–Crippen LogP) is 3.04. The van der Waals surface area contributed by atoms with Gasteiger partial charge >= 0.3 is 0 Å². The highest BCUT2D eigenvalue weighted by atomic mass is 16.5. The van der Waals surface area contributed by atoms with Gasteiger partial charge in [0.05, 0.1) is 13.2 Å². The minimum Gasteiger partial charge on any atom is -0.497 e. The van der Waals surface area contributed by atoms with Crippen LogP contribution in [0.15, 0.2) is 48.5 Å². The highest BCUT2D eigenvalue weighted by molar-refractivity contribution is 5.94. The summed E-state index contributed by atoms with van der Waals surface area (Å²) in [7, 11) is 5.63. The first kappa shape index (κ1) is 17.0. The van der Waals surface area contributed by atoms with Crippen molar-refractivity contribution in [3.05, 3.63) is 65.2 Å². The summed E-state index contributed by atoms with van der Waals surface area (Å²) in [6, 6.07) is 15.7. The molecule has 0 aliphatic carbocycles. The molecule has 122 valence electrons. The first-order valence-electron chi connectivity index (χ1n) is 7.66. The third kappa shape index (κ3) is 4.57. The molecule has 0 saturated heterocycles. The average molecular weight is 312 g/mol. The first-order chi connectivity index (χ1) is 11.0. The van der Waals surface area contributed by atoms with Gasteiger partial charge in [0.15, 0.2) is 0 Å². The van der Waals surface area contributed by atoms with Gasteiger partial charge in [0.2, 0.25) is 0 Å². The van der Waals surface area contributed by atoms with Crippen LogP contribution in [0.3, 0.4) is 0 Å². The molecule has 0 unspecified atom stereocenters. The highest BCUT2D eigenvalue weighted by Gasteiger charge is 2.16. The molecule has 0 bridgehead atoms. The number of amides is 1. The Morgan fingerprint density at radius 1 is 1.17 bits per heavy atom. The summed E-state index contributed by atoms with van der Waals surface area (Å²) in [5.74, 6) is 0.586. The first-order valence-corrected chi connectivity index (χ1v) is 7.66. The van der Waals surface area contributed by atoms with E-state index in [1.54, 1.807) is 19.2 Å². The zero-order valence-electron chi connectivity index (χ0n) is 14.2. The van der Waals surface area contributed by atoms with Crippen molar-refractivity contribution in [3.63, 3.8) is 0 Å². The van der Waals surface area contributed by atoms with Crippen molar-refractivity contribution < 1.29 is 9.53 Å². The van der Waals surface area contributed by atoms with Gasteiger partial charge < -0.3 is 15.0 Å². The number of nitrogens with zero attached hydrogens (tertiary/aromatic N) is 1. The molecule has 23 heavy (non-hydrogen) atoms. The van der Waals surface area contributed by atoms with Crippen LogP contribution in [0.25, 0.3) is 0 Å². The Morgan fingerprint density at radius 3 is 2.48 bits per heavy atom. The Hall–Kier alpha value is -2.33. The summed E-state index contributed by atoms with van der Waals surface area (Å²) in [4.78, 5) is 14.4. The van der Waals surface area contributed by atoms with E-state index in [-0.39, 0.29) is 11.9 Å². The number of aryl methyl sites for hydroxylation is 1. The van der Waals surface area contributed by atoms with Gasteiger partial charge in [0.1, 0.15) is 5.75 Å². The molecule has 0 saturated carbocycles. The van der Waals surface area contributed by atoms with Crippen molar-refractivity contribution in [1.29, 1.82) is 0 Å². The van der Waals surface area contributed by atoms with E-state index in [4.69, 9.17) is 4.74 Å². The van der Waals surface area contributed by atoms with Crippen molar-refractivity contribution in [2.45, 2.75) is 13.0 Å². The Balaban J connectivity index is 2.06. The van der Waals surface area contributed by atoms with Gasteiger partial charge in [0, 0.05) is 12.1 Å². The fourth-order valence-electron chi connectivity index (χ4n) is 2.44. The van der Waals surface area contributed by atoms with Crippen LogP contribution in [0.2, 0.25) is 0 Å². The lowest BCUT2D eigenvalue weighted by molar-refractivity contribution is 0.0941. The van der Waals surface area contributed by atoms with E-state index in [1.165, 1.54) is 11.1 Å². The molecule has 4 heteroatoms. The maximum absolute atomic E-state index is 12.3. The molecule has 2 aromatic rings. The summed E-state index contributed by atoms with van der Waals surface area (Å²) in [5, 5.41) is 3.01. The monoisotopic (exact) mass is 312 g/mol. The summed E-state index contributed by atoms with van der Waals surface area (Å²) in [6.07, 6.45) is 0. The SMILES string of the molecule is COc1cccc(C(=O)NC[C@H](c2ccc(C)cc2)N(C)C)c1. The lowest BCUT2D eigenvalue weighted by Crippen LogP contribution is -2.34. The fraction of sp³-hybridized carbons (Fsp3) is 0.316. The van der Waals surface area contributed by atoms with Crippen molar-refractivity contribution in [2.75, 3.05) is 27.7 Å². The number of ether oxygens (including phenoxy) is 1. The summed E-state index contributed by atoms with van der Waals surface area (Å²) < 4.78 is 5.16. The van der Waals surface area contributed by atoms with Crippen LogP contribution >= 0.6 is 0 Å². The minimum atomic E-state index is -0.0946. The van der Waals surface area contributed by atoms with Crippen LogP contribution in [0.1, 0.15) is 27.5 Å². The molecule has 0 spiro atoms. The summed E-state index contributed by atoms with van der Waals surface area (Å²) in [6.45, 7) is 2.62. The molecule has 0 aliphatic heterocycles. The molecule has 2 rings (SSSR count). The summed E-state index contributed by atoms with van der Waals surface area (Å²) in [5.41, 5.74) is 3.02. The maximum Gasteiger partial charge on any atom is 0.251 e. The van der Waals surface area contributed by atoms with Crippen molar-refractivity contribution >= 4 is 5.91 Å². The fourth-order valence-corrected chi connectivity index (χ4v) is 2.44. The molecule has 0 aliphatic rings. The van der Waals surface area contributed by atoms with Crippen LogP contribution in [0.5, 0.6) is 5.75 Å². The van der Waals surface area contributed by atoms with E-state index < -0.39 is 0 Å². The van der Waals surface area contributed by atoms with Crippen LogP contribution in [0.4, 0.5) is 0 Å². The van der Waals surface area contributed by atoms with Crippen molar-refractivity contribution in [2.24, 2.45) is 0 Å². The molecule has 1 amide bonds. The number of hydrogen-bond acceptors (Lipinski definition) is 3. The van der Waals surface area contributed by atoms with E-state index in [0.29, 0.717) is 17.9 Å². The molecular weight excluding hydrogens is 288 g/mol. The van der Waals surface area contributed by atoms with Gasteiger partial charge in [-0.15, -0.1) is 0 Å². The molecule has 0 radical (unpaired) electrons. The number of likely N-dealkylation sites (N-methyl/N-ethyl adjacent to an activating group) is 1. The predicted molar refractivity (Wildman–Crippen MR) is 92.9 cm³/mol. The second-order valence-electron chi connectivity index (χ2n) is 5.83. The lowest BCUT2D eigenvalue weighted by atomic mass is 10.0. The zero-order valence-corrected chi connectivity index (χ0v) is 14.2. The van der Waals surface area contributed by atoms with Crippen molar-refractivity contribution in [3.8, 4) is 5.75 Å². The van der Waals surface area contributed by atoms with E-state index in [0.717, 1.165) is 0 Å². The van der Waals surface area contributed by atoms with Gasteiger partial charge in [-0.1, -0.05) is 35.9 Å². The van der Waals surface area contributed by atoms with Gasteiger partial charge in [-0.25, -0.2) is 0 Å². The second kappa shape index (κ2) is 7.79. The Kier molecular flexibility index (Phi) is 5.77. The molecule has 0 aromatic heterocycles. The third-order valence-corrected chi connectivity index (χ3v) is 3.87. The van der Waals surface area contributed by atoms with Crippen LogP contribution in [-0.2, 0) is 0 Å². The Bertz CT molecular complexity index is 651. The maximum atomic E-state index is 12.3. The largest absolute Gasteiger partial charge is 0.497 e. The quantitative estimate of drug-likeness (QED) is 0.891. The van der Waals surface area contributed by atoms with E-state index in [9.17, 15) is 4.79 Å². The molecule has 0 fully saturated rings. The average Bonchev–Trinajstić information content (AvgIpc) is 2.56. The molecule has 4 nitrogen and oxygen atoms in total. The Labute approximate surface area is 138 Å². The van der Waals surface area contributed by atoms with E-state index >= 15 is 0 Å². The number of nitrogens with one attached hydrogen (secondary N) is 1. The number of carbonyl (C=O) groups is 1. The van der Waals surface area contributed by atoms with E-state index in [2.05, 4.69) is 41.4 Å². The highest BCUT2D eigenvalue weighted by Crippen LogP contribution is 2.18. The lowest BCUT2D eigenvalue weighted by Gasteiger charge is -2.25. The molecule has 1 atom stereocenters. The number of rotatable bonds is 6. The molecule has 1 N–H and O–H groups in total. The standard InChI is InChI=1S/C19H24N2O2/c1-14-8-10-15(11-9-14)18(21(2)3)13-20-19(22)16-6-5-7-17(12-16)23-4/h5-12,18H,13H2,1-4H3,(H,20,22)/t18-/m1/s1. The number of methoxy groups -OCH3 is 1. The summed E-state index contributed by atoms with van der Waals surface area (Å²) >= 11 is 0. The topological polar surface area (TPSA) is 41.6 Å². The molecular formula is C19H24N2O2. The molecule has 2 aromatic carbocycles. The molecule has 0 heterocycles. The van der Waals surface area contributed by atoms with Gasteiger partial charge in [-0.2, -0.15) is 0 Å².